The fraction of sp³-hybridized carbons (Fsp3) is 0.395. The van der Waals surface area contributed by atoms with Crippen LogP contribution < -0.4 is 10.6 Å². The molecule has 0 unspecified atom stereocenters. The molecule has 0 spiro atoms. The van der Waals surface area contributed by atoms with Gasteiger partial charge in [-0.25, -0.2) is 14.6 Å². The van der Waals surface area contributed by atoms with E-state index in [1.54, 1.807) is 17.3 Å². The smallest absolute Gasteiger partial charge is 0.407 e. The van der Waals surface area contributed by atoms with Crippen LogP contribution >= 0.6 is 11.3 Å². The molecule has 2 N–H and O–H groups in total. The SMILES string of the molecule is COC(=O)[C@H](Cc1ccccc1)NC(=O)c1csc([C@@H](C[C@H](C(C)C)N(C)C(=O)[C@@H](NC(=O)OCC2c3ccccc3-c3ccccc32)C2CC2)OC(C)=O)n1. The van der Waals surface area contributed by atoms with Gasteiger partial charge in [-0.1, -0.05) is 92.7 Å². The minimum absolute atomic E-state index is 0.0294. The summed E-state index contributed by atoms with van der Waals surface area (Å²) in [6.45, 7) is 5.35. The Morgan fingerprint density at radius 3 is 2.11 bits per heavy atom. The van der Waals surface area contributed by atoms with Gasteiger partial charge in [0, 0.05) is 44.2 Å². The van der Waals surface area contributed by atoms with Gasteiger partial charge in [0.15, 0.2) is 6.10 Å². The number of methoxy groups -OCH3 is 1. The molecule has 0 saturated heterocycles. The second kappa shape index (κ2) is 17.9. The number of benzene rings is 3. The van der Waals surface area contributed by atoms with Crippen LogP contribution in [0.15, 0.2) is 84.2 Å². The summed E-state index contributed by atoms with van der Waals surface area (Å²) in [6.07, 6.45) is 0.467. The van der Waals surface area contributed by atoms with Gasteiger partial charge < -0.3 is 29.7 Å². The number of carbonyl (C=O) groups is 5. The van der Waals surface area contributed by atoms with Crippen molar-refractivity contribution >= 4 is 41.2 Å². The Morgan fingerprint density at radius 1 is 0.893 bits per heavy atom. The molecule has 3 amide bonds. The van der Waals surface area contributed by atoms with E-state index in [4.69, 9.17) is 14.2 Å². The van der Waals surface area contributed by atoms with Crippen LogP contribution in [-0.2, 0) is 35.0 Å². The van der Waals surface area contributed by atoms with Gasteiger partial charge in [-0.3, -0.25) is 14.4 Å². The number of alkyl carbamates (subject to hydrolysis) is 1. The Labute approximate surface area is 330 Å². The molecule has 4 atom stereocenters. The van der Waals surface area contributed by atoms with Gasteiger partial charge >= 0.3 is 18.0 Å². The highest BCUT2D eigenvalue weighted by Gasteiger charge is 2.42. The molecule has 12 nitrogen and oxygen atoms in total. The van der Waals surface area contributed by atoms with Crippen molar-refractivity contribution < 1.29 is 38.2 Å². The lowest BCUT2D eigenvalue weighted by Crippen LogP contribution is -2.53. The third kappa shape index (κ3) is 9.44. The zero-order chi connectivity index (χ0) is 39.9. The highest BCUT2D eigenvalue weighted by molar-refractivity contribution is 7.09. The lowest BCUT2D eigenvalue weighted by atomic mass is 9.95. The lowest BCUT2D eigenvalue weighted by molar-refractivity contribution is -0.148. The van der Waals surface area contributed by atoms with E-state index in [-0.39, 0.29) is 48.8 Å². The summed E-state index contributed by atoms with van der Waals surface area (Å²) >= 11 is 1.14. The molecular weight excluding hydrogens is 733 g/mol. The van der Waals surface area contributed by atoms with E-state index in [1.807, 2.05) is 68.4 Å². The van der Waals surface area contributed by atoms with Crippen molar-refractivity contribution in [3.8, 4) is 11.1 Å². The van der Waals surface area contributed by atoms with Gasteiger partial charge in [0.2, 0.25) is 5.91 Å². The van der Waals surface area contributed by atoms with Gasteiger partial charge in [-0.2, -0.15) is 0 Å². The Bertz CT molecular complexity index is 2000. The van der Waals surface area contributed by atoms with Gasteiger partial charge in [0.25, 0.3) is 5.91 Å². The minimum atomic E-state index is -0.948. The molecule has 0 bridgehead atoms. The Hall–Kier alpha value is -5.56. The number of nitrogens with one attached hydrogen (secondary N) is 2. The van der Waals surface area contributed by atoms with Crippen molar-refractivity contribution in [3.05, 3.63) is 112 Å². The molecule has 1 fully saturated rings. The number of aromatic nitrogens is 1. The molecule has 3 aromatic carbocycles. The number of rotatable bonds is 16. The molecule has 2 aliphatic carbocycles. The molecule has 1 aromatic heterocycles. The number of amides is 3. The predicted octanol–water partition coefficient (Wildman–Crippen LogP) is 6.45. The summed E-state index contributed by atoms with van der Waals surface area (Å²) in [4.78, 5) is 71.9. The molecule has 4 aromatic rings. The summed E-state index contributed by atoms with van der Waals surface area (Å²) < 4.78 is 16.5. The Balaban J connectivity index is 1.12. The van der Waals surface area contributed by atoms with E-state index >= 15 is 0 Å². The van der Waals surface area contributed by atoms with Crippen molar-refractivity contribution in [2.75, 3.05) is 20.8 Å². The first-order valence-corrected chi connectivity index (χ1v) is 19.8. The molecule has 13 heteroatoms. The number of ether oxygens (including phenoxy) is 3. The van der Waals surface area contributed by atoms with Crippen molar-refractivity contribution in [2.45, 2.75) is 76.6 Å². The van der Waals surface area contributed by atoms with Crippen LogP contribution in [0.5, 0.6) is 0 Å². The maximum absolute atomic E-state index is 14.2. The van der Waals surface area contributed by atoms with Crippen LogP contribution in [0.4, 0.5) is 4.79 Å². The molecule has 1 heterocycles. The van der Waals surface area contributed by atoms with E-state index < -0.39 is 48.2 Å². The number of hydrogen-bond donors (Lipinski definition) is 2. The summed E-state index contributed by atoms with van der Waals surface area (Å²) in [5, 5.41) is 7.50. The molecule has 56 heavy (non-hydrogen) atoms. The number of nitrogens with zero attached hydrogens (tertiary/aromatic N) is 2. The summed E-state index contributed by atoms with van der Waals surface area (Å²) in [5.74, 6) is -2.23. The number of esters is 2. The quantitative estimate of drug-likeness (QED) is 0.0965. The monoisotopic (exact) mass is 780 g/mol. The van der Waals surface area contributed by atoms with E-state index in [2.05, 4.69) is 39.9 Å². The second-order valence-corrected chi connectivity index (χ2v) is 15.6. The number of thiazole rings is 1. The van der Waals surface area contributed by atoms with Crippen LogP contribution in [0.25, 0.3) is 11.1 Å². The number of carbonyl (C=O) groups excluding carboxylic acids is 5. The Kier molecular flexibility index (Phi) is 12.8. The molecule has 1 saturated carbocycles. The normalized spacial score (nSPS) is 15.4. The van der Waals surface area contributed by atoms with Crippen molar-refractivity contribution in [3.63, 3.8) is 0 Å². The largest absolute Gasteiger partial charge is 0.467 e. The third-order valence-corrected chi connectivity index (χ3v) is 11.4. The zero-order valence-electron chi connectivity index (χ0n) is 32.2. The van der Waals surface area contributed by atoms with Crippen LogP contribution in [0.2, 0.25) is 0 Å². The van der Waals surface area contributed by atoms with Crippen LogP contribution in [0.3, 0.4) is 0 Å². The standard InChI is InChI=1S/C43H48N4O8S/c1-25(2)36(22-37(55-26(3)48)40-45-35(24-56-40)39(49)44-34(42(51)53-5)21-27-13-7-6-8-14-27)47(4)41(50)38(28-19-20-28)46-43(52)54-23-33-31-17-11-9-15-29(31)30-16-10-12-18-32(30)33/h6-18,24-25,28,33-34,36-38H,19-23H2,1-5H3,(H,44,49)(H,46,52)/t34-,36+,37+,38-/m0/s1. The van der Waals surface area contributed by atoms with Crippen molar-refractivity contribution in [1.29, 1.82) is 0 Å². The molecule has 294 valence electrons. The first kappa shape index (κ1) is 40.1. The predicted molar refractivity (Wildman–Crippen MR) is 211 cm³/mol. The van der Waals surface area contributed by atoms with Crippen LogP contribution in [0, 0.1) is 11.8 Å². The highest BCUT2D eigenvalue weighted by Crippen LogP contribution is 2.44. The summed E-state index contributed by atoms with van der Waals surface area (Å²) in [5.41, 5.74) is 5.34. The fourth-order valence-electron chi connectivity index (χ4n) is 7.41. The lowest BCUT2D eigenvalue weighted by Gasteiger charge is -2.35. The van der Waals surface area contributed by atoms with Crippen molar-refractivity contribution in [2.24, 2.45) is 11.8 Å². The van der Waals surface area contributed by atoms with Gasteiger partial charge in [-0.05, 0) is 52.5 Å². The summed E-state index contributed by atoms with van der Waals surface area (Å²) in [7, 11) is 2.95. The Morgan fingerprint density at radius 2 is 1.52 bits per heavy atom. The topological polar surface area (TPSA) is 153 Å². The van der Waals surface area contributed by atoms with Crippen LogP contribution in [-0.4, -0.2) is 78.6 Å². The van der Waals surface area contributed by atoms with E-state index in [0.717, 1.165) is 52.0 Å². The first-order chi connectivity index (χ1) is 26.9. The number of likely N-dealkylation sites (N-methyl/N-ethyl adjacent to an activating group) is 1. The minimum Gasteiger partial charge on any atom is -0.467 e. The molecule has 0 aliphatic heterocycles. The summed E-state index contributed by atoms with van der Waals surface area (Å²) in [6, 6.07) is 23.3. The maximum atomic E-state index is 14.2. The maximum Gasteiger partial charge on any atom is 0.407 e. The molecule has 6 rings (SSSR count). The van der Waals surface area contributed by atoms with E-state index in [1.165, 1.54) is 14.0 Å². The number of hydrogen-bond acceptors (Lipinski definition) is 10. The molecular formula is C43H48N4O8S. The van der Waals surface area contributed by atoms with Gasteiger partial charge in [-0.15, -0.1) is 11.3 Å². The van der Waals surface area contributed by atoms with E-state index in [9.17, 15) is 24.0 Å². The molecule has 2 aliphatic rings. The average Bonchev–Trinajstić information content (AvgIpc) is 3.82. The average molecular weight is 781 g/mol. The van der Waals surface area contributed by atoms with Gasteiger partial charge in [0.1, 0.15) is 29.4 Å². The number of fused-ring (bicyclic) bond motifs is 3. The first-order valence-electron chi connectivity index (χ1n) is 18.9. The zero-order valence-corrected chi connectivity index (χ0v) is 33.0. The highest BCUT2D eigenvalue weighted by atomic mass is 32.1. The fourth-order valence-corrected chi connectivity index (χ4v) is 8.25. The van der Waals surface area contributed by atoms with Crippen molar-refractivity contribution in [1.82, 2.24) is 20.5 Å². The second-order valence-electron chi connectivity index (χ2n) is 14.7. The molecule has 0 radical (unpaired) electrons. The van der Waals surface area contributed by atoms with Gasteiger partial charge in [0.05, 0.1) is 7.11 Å². The third-order valence-electron chi connectivity index (χ3n) is 10.5. The van der Waals surface area contributed by atoms with Crippen LogP contribution in [0.1, 0.15) is 84.2 Å². The van der Waals surface area contributed by atoms with E-state index in [0.29, 0.717) is 5.01 Å².